The number of hydrogen-bond donors (Lipinski definition) is 1. The third-order valence-electron chi connectivity index (χ3n) is 3.19. The first kappa shape index (κ1) is 17.9. The van der Waals surface area contributed by atoms with E-state index in [4.69, 9.17) is 4.74 Å². The van der Waals surface area contributed by atoms with Crippen molar-refractivity contribution in [2.75, 3.05) is 20.2 Å². The Morgan fingerprint density at radius 1 is 1.29 bits per heavy atom. The van der Waals surface area contributed by atoms with Crippen LogP contribution < -0.4 is 10.1 Å². The molecular weight excluding hydrogens is 288 g/mol. The zero-order valence-electron chi connectivity index (χ0n) is 13.5. The monoisotopic (exact) mass is 314 g/mol. The summed E-state index contributed by atoms with van der Waals surface area (Å²) in [6, 6.07) is 5.35. The van der Waals surface area contributed by atoms with Gasteiger partial charge < -0.3 is 10.1 Å². The second kappa shape index (κ2) is 7.77. The smallest absolute Gasteiger partial charge is 0.242 e. The third-order valence-corrected chi connectivity index (χ3v) is 5.11. The van der Waals surface area contributed by atoms with Crippen molar-refractivity contribution in [3.05, 3.63) is 23.8 Å². The second-order valence-corrected chi connectivity index (χ2v) is 7.20. The lowest BCUT2D eigenvalue weighted by atomic mass is 10.2. The lowest BCUT2D eigenvalue weighted by Crippen LogP contribution is -2.27. The van der Waals surface area contributed by atoms with E-state index >= 15 is 0 Å². The molecule has 1 rings (SSSR count). The third kappa shape index (κ3) is 4.69. The highest BCUT2D eigenvalue weighted by atomic mass is 32.2. The van der Waals surface area contributed by atoms with E-state index in [1.165, 1.54) is 4.31 Å². The quantitative estimate of drug-likeness (QED) is 0.799. The largest absolute Gasteiger partial charge is 0.494 e. The predicted molar refractivity (Wildman–Crippen MR) is 85.1 cm³/mol. The minimum atomic E-state index is -3.43. The van der Waals surface area contributed by atoms with Crippen molar-refractivity contribution in [3.63, 3.8) is 0 Å². The van der Waals surface area contributed by atoms with Crippen LogP contribution in [0.1, 0.15) is 33.3 Å². The van der Waals surface area contributed by atoms with Gasteiger partial charge in [-0.05, 0) is 25.1 Å². The average molecular weight is 314 g/mol. The molecule has 0 atom stereocenters. The molecule has 1 aromatic carbocycles. The van der Waals surface area contributed by atoms with Gasteiger partial charge in [-0.1, -0.05) is 20.8 Å². The van der Waals surface area contributed by atoms with E-state index in [1.54, 1.807) is 25.2 Å². The number of hydrogen-bond acceptors (Lipinski definition) is 4. The van der Waals surface area contributed by atoms with Gasteiger partial charge >= 0.3 is 0 Å². The molecular formula is C15H26N2O3S. The molecule has 5 nitrogen and oxygen atoms in total. The molecule has 0 amide bonds. The first-order valence-corrected chi connectivity index (χ1v) is 8.72. The van der Waals surface area contributed by atoms with Crippen molar-refractivity contribution in [2.24, 2.45) is 0 Å². The second-order valence-electron chi connectivity index (χ2n) is 5.16. The van der Waals surface area contributed by atoms with E-state index < -0.39 is 10.0 Å². The normalized spacial score (nSPS) is 12.1. The van der Waals surface area contributed by atoms with Crippen LogP contribution in [0.15, 0.2) is 23.1 Å². The van der Waals surface area contributed by atoms with Gasteiger partial charge in [-0.3, -0.25) is 0 Å². The topological polar surface area (TPSA) is 58.6 Å². The summed E-state index contributed by atoms with van der Waals surface area (Å²) in [5.41, 5.74) is 0.858. The fourth-order valence-electron chi connectivity index (χ4n) is 1.81. The van der Waals surface area contributed by atoms with Crippen LogP contribution in [-0.4, -0.2) is 39.0 Å². The van der Waals surface area contributed by atoms with Crippen molar-refractivity contribution in [2.45, 2.75) is 45.2 Å². The molecule has 1 aromatic rings. The Morgan fingerprint density at radius 3 is 2.48 bits per heavy atom. The summed E-state index contributed by atoms with van der Waals surface area (Å²) in [5.74, 6) is 0.726. The van der Waals surface area contributed by atoms with E-state index in [2.05, 4.69) is 5.32 Å². The number of benzene rings is 1. The van der Waals surface area contributed by atoms with Gasteiger partial charge in [-0.15, -0.1) is 0 Å². The van der Waals surface area contributed by atoms with Crippen LogP contribution in [0.3, 0.4) is 0 Å². The SMILES string of the molecule is CCOc1ccc(S(=O)(=O)N(C)CC)cc1CNC(C)C. The van der Waals surface area contributed by atoms with Crippen LogP contribution in [0.5, 0.6) is 5.75 Å². The molecule has 0 radical (unpaired) electrons. The fraction of sp³-hybridized carbons (Fsp3) is 0.600. The number of nitrogens with one attached hydrogen (secondary N) is 1. The molecule has 0 bridgehead atoms. The maximum Gasteiger partial charge on any atom is 0.242 e. The predicted octanol–water partition coefficient (Wildman–Crippen LogP) is 2.22. The Kier molecular flexibility index (Phi) is 6.64. The van der Waals surface area contributed by atoms with Gasteiger partial charge in [0.25, 0.3) is 0 Å². The van der Waals surface area contributed by atoms with Crippen molar-refractivity contribution in [3.8, 4) is 5.75 Å². The molecule has 120 valence electrons. The molecule has 6 heteroatoms. The molecule has 21 heavy (non-hydrogen) atoms. The minimum Gasteiger partial charge on any atom is -0.494 e. The van der Waals surface area contributed by atoms with Gasteiger partial charge in [0, 0.05) is 31.7 Å². The van der Waals surface area contributed by atoms with Crippen LogP contribution in [0.25, 0.3) is 0 Å². The van der Waals surface area contributed by atoms with Crippen LogP contribution in [0.2, 0.25) is 0 Å². The minimum absolute atomic E-state index is 0.302. The van der Waals surface area contributed by atoms with Crippen molar-refractivity contribution in [1.29, 1.82) is 0 Å². The van der Waals surface area contributed by atoms with Gasteiger partial charge in [-0.2, -0.15) is 0 Å². The Morgan fingerprint density at radius 2 is 1.95 bits per heavy atom. The molecule has 0 aliphatic carbocycles. The maximum atomic E-state index is 12.4. The van der Waals surface area contributed by atoms with Crippen LogP contribution in [0, 0.1) is 0 Å². The first-order chi connectivity index (χ1) is 9.82. The van der Waals surface area contributed by atoms with Gasteiger partial charge in [0.1, 0.15) is 5.75 Å². The highest BCUT2D eigenvalue weighted by Crippen LogP contribution is 2.24. The molecule has 0 spiro atoms. The van der Waals surface area contributed by atoms with Gasteiger partial charge in [-0.25, -0.2) is 12.7 Å². The van der Waals surface area contributed by atoms with Crippen LogP contribution >= 0.6 is 0 Å². The Balaban J connectivity index is 3.17. The highest BCUT2D eigenvalue weighted by Gasteiger charge is 2.20. The van der Waals surface area contributed by atoms with E-state index in [9.17, 15) is 8.42 Å². The van der Waals surface area contributed by atoms with E-state index in [0.29, 0.717) is 30.6 Å². The molecule has 0 saturated heterocycles. The fourth-order valence-corrected chi connectivity index (χ4v) is 3.05. The zero-order valence-corrected chi connectivity index (χ0v) is 14.3. The summed E-state index contributed by atoms with van der Waals surface area (Å²) in [5, 5.41) is 3.29. The summed E-state index contributed by atoms with van der Waals surface area (Å²) >= 11 is 0. The molecule has 0 aliphatic heterocycles. The van der Waals surface area contributed by atoms with Gasteiger partial charge in [0.05, 0.1) is 11.5 Å². The number of nitrogens with zero attached hydrogens (tertiary/aromatic N) is 1. The molecule has 0 aromatic heterocycles. The standard InChI is InChI=1S/C15H26N2O3S/c1-6-17(5)21(18,19)14-8-9-15(20-7-2)13(10-14)11-16-12(3)4/h8-10,12,16H,6-7,11H2,1-5H3. The summed E-state index contributed by atoms with van der Waals surface area (Å²) in [4.78, 5) is 0.302. The summed E-state index contributed by atoms with van der Waals surface area (Å²) in [6.07, 6.45) is 0. The molecule has 0 fully saturated rings. The first-order valence-electron chi connectivity index (χ1n) is 7.28. The highest BCUT2D eigenvalue weighted by molar-refractivity contribution is 7.89. The van der Waals surface area contributed by atoms with Crippen LogP contribution in [-0.2, 0) is 16.6 Å². The molecule has 0 heterocycles. The van der Waals surface area contributed by atoms with Gasteiger partial charge in [0.15, 0.2) is 0 Å². The van der Waals surface area contributed by atoms with E-state index in [-0.39, 0.29) is 0 Å². The Labute approximate surface area is 128 Å². The maximum absolute atomic E-state index is 12.4. The number of rotatable bonds is 8. The lowest BCUT2D eigenvalue weighted by molar-refractivity contribution is 0.334. The molecule has 0 aliphatic rings. The Bertz CT molecular complexity index is 556. The number of sulfonamides is 1. The Hall–Kier alpha value is -1.11. The molecule has 0 saturated carbocycles. The average Bonchev–Trinajstić information content (AvgIpc) is 2.45. The lowest BCUT2D eigenvalue weighted by Gasteiger charge is -2.18. The van der Waals surface area contributed by atoms with Crippen molar-refractivity contribution >= 4 is 10.0 Å². The van der Waals surface area contributed by atoms with E-state index in [0.717, 1.165) is 11.3 Å². The zero-order chi connectivity index (χ0) is 16.0. The van der Waals surface area contributed by atoms with Crippen LogP contribution in [0.4, 0.5) is 0 Å². The summed E-state index contributed by atoms with van der Waals surface area (Å²) in [6.45, 7) is 9.39. The van der Waals surface area contributed by atoms with Crippen molar-refractivity contribution < 1.29 is 13.2 Å². The van der Waals surface area contributed by atoms with Crippen molar-refractivity contribution in [1.82, 2.24) is 9.62 Å². The number of ether oxygens (including phenoxy) is 1. The summed E-state index contributed by atoms with van der Waals surface area (Å²) in [7, 11) is -1.85. The molecule has 1 N–H and O–H groups in total. The molecule has 0 unspecified atom stereocenters. The van der Waals surface area contributed by atoms with Gasteiger partial charge in [0.2, 0.25) is 10.0 Å². The van der Waals surface area contributed by atoms with E-state index in [1.807, 2.05) is 27.7 Å². The summed E-state index contributed by atoms with van der Waals surface area (Å²) < 4.78 is 31.7.